The summed E-state index contributed by atoms with van der Waals surface area (Å²) in [5, 5.41) is 0. The molecule has 1 saturated carbocycles. The van der Waals surface area contributed by atoms with Gasteiger partial charge in [0.15, 0.2) is 11.5 Å². The van der Waals surface area contributed by atoms with Crippen LogP contribution in [0.1, 0.15) is 38.1 Å². The zero-order valence-corrected chi connectivity index (χ0v) is 13.5. The van der Waals surface area contributed by atoms with Crippen molar-refractivity contribution in [2.24, 2.45) is 5.92 Å². The van der Waals surface area contributed by atoms with Crippen LogP contribution >= 0.6 is 11.6 Å². The molecule has 2 unspecified atom stereocenters. The Morgan fingerprint density at radius 1 is 1.29 bits per heavy atom. The van der Waals surface area contributed by atoms with Crippen molar-refractivity contribution >= 4 is 22.6 Å². The summed E-state index contributed by atoms with van der Waals surface area (Å²) in [6.45, 7) is 2.23. The first-order valence-electron chi connectivity index (χ1n) is 7.42. The van der Waals surface area contributed by atoms with Crippen molar-refractivity contribution in [3.63, 3.8) is 0 Å². The molecule has 0 radical (unpaired) electrons. The first-order chi connectivity index (χ1) is 10.2. The van der Waals surface area contributed by atoms with Crippen molar-refractivity contribution in [1.29, 1.82) is 0 Å². The number of hydrogen-bond acceptors (Lipinski definition) is 3. The number of nitrogens with zero attached hydrogens (tertiary/aromatic N) is 2. The Balaban J connectivity index is 2.09. The van der Waals surface area contributed by atoms with E-state index in [1.54, 1.807) is 14.2 Å². The van der Waals surface area contributed by atoms with Crippen LogP contribution in [0.5, 0.6) is 11.5 Å². The molecule has 5 heteroatoms. The van der Waals surface area contributed by atoms with E-state index in [2.05, 4.69) is 16.5 Å². The smallest absolute Gasteiger partial charge is 0.163 e. The summed E-state index contributed by atoms with van der Waals surface area (Å²) < 4.78 is 13.1. The predicted octanol–water partition coefficient (Wildman–Crippen LogP) is 4.15. The van der Waals surface area contributed by atoms with E-state index in [-0.39, 0.29) is 0 Å². The molecule has 1 aromatic heterocycles. The van der Waals surface area contributed by atoms with Crippen molar-refractivity contribution in [2.75, 3.05) is 14.2 Å². The van der Waals surface area contributed by atoms with E-state index in [1.807, 2.05) is 12.1 Å². The van der Waals surface area contributed by atoms with E-state index in [1.165, 1.54) is 19.3 Å². The summed E-state index contributed by atoms with van der Waals surface area (Å²) in [6.07, 6.45) is 3.71. The molecule has 2 aromatic rings. The zero-order chi connectivity index (χ0) is 15.0. The minimum atomic E-state index is 0.425. The quantitative estimate of drug-likeness (QED) is 0.752. The molecule has 21 heavy (non-hydrogen) atoms. The van der Waals surface area contributed by atoms with Gasteiger partial charge in [0.1, 0.15) is 5.82 Å². The summed E-state index contributed by atoms with van der Waals surface area (Å²) in [5.41, 5.74) is 2.01. The van der Waals surface area contributed by atoms with E-state index >= 15 is 0 Å². The van der Waals surface area contributed by atoms with Crippen LogP contribution < -0.4 is 9.47 Å². The third kappa shape index (κ3) is 2.46. The van der Waals surface area contributed by atoms with Gasteiger partial charge in [-0.05, 0) is 18.8 Å². The first-order valence-corrected chi connectivity index (χ1v) is 7.95. The molecule has 0 saturated heterocycles. The van der Waals surface area contributed by atoms with Crippen molar-refractivity contribution in [2.45, 2.75) is 38.1 Å². The van der Waals surface area contributed by atoms with Gasteiger partial charge in [-0.3, -0.25) is 0 Å². The average Bonchev–Trinajstić information content (AvgIpc) is 3.16. The Morgan fingerprint density at radius 3 is 2.62 bits per heavy atom. The molecule has 1 aliphatic rings. The average molecular weight is 309 g/mol. The molecule has 1 aromatic carbocycles. The summed E-state index contributed by atoms with van der Waals surface area (Å²) in [7, 11) is 3.30. The Labute approximate surface area is 130 Å². The number of halogens is 1. The predicted molar refractivity (Wildman–Crippen MR) is 84.4 cm³/mol. The number of imidazole rings is 1. The lowest BCUT2D eigenvalue weighted by Crippen LogP contribution is -2.01. The molecule has 1 aliphatic carbocycles. The highest BCUT2D eigenvalue weighted by molar-refractivity contribution is 6.16. The Kier molecular flexibility index (Phi) is 3.98. The largest absolute Gasteiger partial charge is 0.493 e. The lowest BCUT2D eigenvalue weighted by atomic mass is 10.2. The molecule has 1 fully saturated rings. The molecule has 0 spiro atoms. The van der Waals surface area contributed by atoms with Gasteiger partial charge in [-0.25, -0.2) is 4.98 Å². The molecule has 0 N–H and O–H groups in total. The maximum absolute atomic E-state index is 6.10. The molecule has 3 rings (SSSR count). The number of benzene rings is 1. The summed E-state index contributed by atoms with van der Waals surface area (Å²) in [4.78, 5) is 4.67. The van der Waals surface area contributed by atoms with Crippen molar-refractivity contribution in [3.05, 3.63) is 18.0 Å². The van der Waals surface area contributed by atoms with Crippen LogP contribution in [0.3, 0.4) is 0 Å². The SMILES string of the molecule is CCCC1CC1n1c(CCl)nc2cc(OC)c(OC)cc21. The molecule has 0 aliphatic heterocycles. The number of rotatable bonds is 6. The fourth-order valence-electron chi connectivity index (χ4n) is 3.17. The number of fused-ring (bicyclic) bond motifs is 1. The molecule has 1 heterocycles. The maximum atomic E-state index is 6.10. The number of methoxy groups -OCH3 is 2. The standard InChI is InChI=1S/C16H21ClN2O2/c1-4-5-10-6-12(10)19-13-8-15(21-3)14(20-2)7-11(13)18-16(19)9-17/h7-8,10,12H,4-6,9H2,1-3H3. The van der Waals surface area contributed by atoms with Gasteiger partial charge in [0, 0.05) is 18.2 Å². The van der Waals surface area contributed by atoms with Gasteiger partial charge in [-0.2, -0.15) is 0 Å². The Morgan fingerprint density at radius 2 is 2.00 bits per heavy atom. The van der Waals surface area contributed by atoms with Crippen LogP contribution in [-0.2, 0) is 5.88 Å². The summed E-state index contributed by atoms with van der Waals surface area (Å²) in [6, 6.07) is 4.47. The number of ether oxygens (including phenoxy) is 2. The molecule has 114 valence electrons. The molecule has 0 bridgehead atoms. The minimum Gasteiger partial charge on any atom is -0.493 e. The normalized spacial score (nSPS) is 20.8. The second-order valence-electron chi connectivity index (χ2n) is 5.58. The van der Waals surface area contributed by atoms with Gasteiger partial charge in [0.2, 0.25) is 0 Å². The Bertz CT molecular complexity index is 653. The van der Waals surface area contributed by atoms with Gasteiger partial charge in [0.25, 0.3) is 0 Å². The second kappa shape index (κ2) is 5.76. The molecular weight excluding hydrogens is 288 g/mol. The third-order valence-corrected chi connectivity index (χ3v) is 4.50. The summed E-state index contributed by atoms with van der Waals surface area (Å²) in [5.74, 6) is 3.55. The van der Waals surface area contributed by atoms with E-state index in [9.17, 15) is 0 Å². The lowest BCUT2D eigenvalue weighted by molar-refractivity contribution is 0.355. The van der Waals surface area contributed by atoms with Crippen molar-refractivity contribution in [3.8, 4) is 11.5 Å². The molecule has 4 nitrogen and oxygen atoms in total. The number of alkyl halides is 1. The van der Waals surface area contributed by atoms with Crippen LogP contribution in [0.2, 0.25) is 0 Å². The van der Waals surface area contributed by atoms with Gasteiger partial charge in [-0.1, -0.05) is 13.3 Å². The van der Waals surface area contributed by atoms with Crippen LogP contribution in [0.4, 0.5) is 0 Å². The maximum Gasteiger partial charge on any atom is 0.163 e. The van der Waals surface area contributed by atoms with E-state index in [0.717, 1.165) is 28.5 Å². The van der Waals surface area contributed by atoms with Gasteiger partial charge < -0.3 is 14.0 Å². The highest BCUT2D eigenvalue weighted by Crippen LogP contribution is 2.49. The molecule has 0 amide bonds. The third-order valence-electron chi connectivity index (χ3n) is 4.26. The summed E-state index contributed by atoms with van der Waals surface area (Å²) >= 11 is 6.10. The van der Waals surface area contributed by atoms with Crippen LogP contribution in [0.25, 0.3) is 11.0 Å². The van der Waals surface area contributed by atoms with Gasteiger partial charge in [-0.15, -0.1) is 11.6 Å². The van der Waals surface area contributed by atoms with E-state index in [0.29, 0.717) is 17.7 Å². The highest BCUT2D eigenvalue weighted by atomic mass is 35.5. The topological polar surface area (TPSA) is 36.3 Å². The van der Waals surface area contributed by atoms with E-state index < -0.39 is 0 Å². The van der Waals surface area contributed by atoms with E-state index in [4.69, 9.17) is 21.1 Å². The first kappa shape index (κ1) is 14.5. The lowest BCUT2D eigenvalue weighted by Gasteiger charge is -2.10. The zero-order valence-electron chi connectivity index (χ0n) is 12.7. The number of hydrogen-bond donors (Lipinski definition) is 0. The fourth-order valence-corrected chi connectivity index (χ4v) is 3.35. The van der Waals surface area contributed by atoms with Crippen LogP contribution in [0, 0.1) is 5.92 Å². The molecule has 2 atom stereocenters. The highest BCUT2D eigenvalue weighted by Gasteiger charge is 2.39. The Hall–Kier alpha value is -1.42. The van der Waals surface area contributed by atoms with Crippen LogP contribution in [-0.4, -0.2) is 23.8 Å². The van der Waals surface area contributed by atoms with Crippen LogP contribution in [0.15, 0.2) is 12.1 Å². The van der Waals surface area contributed by atoms with Crippen molar-refractivity contribution in [1.82, 2.24) is 9.55 Å². The van der Waals surface area contributed by atoms with Gasteiger partial charge >= 0.3 is 0 Å². The molecular formula is C16H21ClN2O2. The van der Waals surface area contributed by atoms with Crippen molar-refractivity contribution < 1.29 is 9.47 Å². The minimum absolute atomic E-state index is 0.425. The second-order valence-corrected chi connectivity index (χ2v) is 5.85. The number of aromatic nitrogens is 2. The monoisotopic (exact) mass is 308 g/mol. The van der Waals surface area contributed by atoms with Gasteiger partial charge in [0.05, 0.1) is 31.1 Å². The fraction of sp³-hybridized carbons (Fsp3) is 0.562.